The molecular formula is C13H24N2O2. The van der Waals surface area contributed by atoms with Gasteiger partial charge in [-0.05, 0) is 13.3 Å². The lowest BCUT2D eigenvalue weighted by Crippen LogP contribution is -2.33. The zero-order valence-corrected chi connectivity index (χ0v) is 11.0. The van der Waals surface area contributed by atoms with Crippen LogP contribution in [0.25, 0.3) is 0 Å². The summed E-state index contributed by atoms with van der Waals surface area (Å²) in [5, 5.41) is 2.93. The summed E-state index contributed by atoms with van der Waals surface area (Å²) in [6.45, 7) is 6.16. The summed E-state index contributed by atoms with van der Waals surface area (Å²) in [5.74, 6) is 0.0260. The molecule has 0 radical (unpaired) electrons. The molecule has 4 heteroatoms. The summed E-state index contributed by atoms with van der Waals surface area (Å²) >= 11 is 0. The number of likely N-dealkylation sites (tertiary alicyclic amines) is 1. The molecule has 1 fully saturated rings. The molecule has 0 spiro atoms. The van der Waals surface area contributed by atoms with Crippen molar-refractivity contribution in [2.45, 2.75) is 46.0 Å². The van der Waals surface area contributed by atoms with Crippen LogP contribution in [-0.4, -0.2) is 36.3 Å². The Kier molecular flexibility index (Phi) is 6.01. The van der Waals surface area contributed by atoms with Gasteiger partial charge in [-0.3, -0.25) is 9.59 Å². The first-order valence-electron chi connectivity index (χ1n) is 6.74. The highest BCUT2D eigenvalue weighted by Gasteiger charge is 2.32. The van der Waals surface area contributed by atoms with Crippen molar-refractivity contribution in [2.24, 2.45) is 5.92 Å². The van der Waals surface area contributed by atoms with Gasteiger partial charge in [-0.1, -0.05) is 26.2 Å². The number of unbranched alkanes of at least 4 members (excludes halogenated alkanes) is 3. The van der Waals surface area contributed by atoms with Gasteiger partial charge in [0.2, 0.25) is 11.8 Å². The minimum Gasteiger partial charge on any atom is -0.356 e. The Bertz CT molecular complexity index is 266. The molecule has 2 amide bonds. The van der Waals surface area contributed by atoms with Crippen LogP contribution < -0.4 is 5.32 Å². The number of carbonyl (C=O) groups is 2. The van der Waals surface area contributed by atoms with E-state index in [1.165, 1.54) is 19.3 Å². The first kappa shape index (κ1) is 14.0. The Morgan fingerprint density at radius 1 is 1.35 bits per heavy atom. The molecule has 1 aliphatic rings. The Labute approximate surface area is 104 Å². The zero-order chi connectivity index (χ0) is 12.7. The van der Waals surface area contributed by atoms with Crippen molar-refractivity contribution in [2.75, 3.05) is 19.6 Å². The van der Waals surface area contributed by atoms with E-state index in [9.17, 15) is 9.59 Å². The van der Waals surface area contributed by atoms with Crippen LogP contribution in [0.3, 0.4) is 0 Å². The fourth-order valence-electron chi connectivity index (χ4n) is 2.16. The summed E-state index contributed by atoms with van der Waals surface area (Å²) in [4.78, 5) is 25.0. The lowest BCUT2D eigenvalue weighted by atomic mass is 10.1. The molecule has 0 aromatic rings. The van der Waals surface area contributed by atoms with Crippen molar-refractivity contribution in [1.82, 2.24) is 10.2 Å². The first-order chi connectivity index (χ1) is 8.19. The molecule has 0 saturated carbocycles. The smallest absolute Gasteiger partial charge is 0.225 e. The van der Waals surface area contributed by atoms with Gasteiger partial charge in [0.1, 0.15) is 0 Å². The molecule has 4 nitrogen and oxygen atoms in total. The lowest BCUT2D eigenvalue weighted by Gasteiger charge is -2.13. The van der Waals surface area contributed by atoms with E-state index in [-0.39, 0.29) is 17.7 Å². The van der Waals surface area contributed by atoms with Crippen molar-refractivity contribution in [3.63, 3.8) is 0 Å². The maximum Gasteiger partial charge on any atom is 0.225 e. The van der Waals surface area contributed by atoms with E-state index in [4.69, 9.17) is 0 Å². The van der Waals surface area contributed by atoms with Crippen molar-refractivity contribution in [3.05, 3.63) is 0 Å². The molecule has 1 rings (SSSR count). The summed E-state index contributed by atoms with van der Waals surface area (Å²) in [6.07, 6.45) is 5.02. The molecule has 98 valence electrons. The van der Waals surface area contributed by atoms with E-state index >= 15 is 0 Å². The van der Waals surface area contributed by atoms with Gasteiger partial charge in [0.25, 0.3) is 0 Å². The normalized spacial score (nSPS) is 19.8. The molecule has 1 aliphatic heterocycles. The van der Waals surface area contributed by atoms with Crippen molar-refractivity contribution in [1.29, 1.82) is 0 Å². The summed E-state index contributed by atoms with van der Waals surface area (Å²) in [6, 6.07) is 0. The highest BCUT2D eigenvalue weighted by atomic mass is 16.2. The fraction of sp³-hybridized carbons (Fsp3) is 0.846. The number of hydrogen-bond acceptors (Lipinski definition) is 2. The van der Waals surface area contributed by atoms with Gasteiger partial charge in [-0.25, -0.2) is 0 Å². The van der Waals surface area contributed by atoms with Crippen LogP contribution in [0.1, 0.15) is 46.0 Å². The van der Waals surface area contributed by atoms with Crippen LogP contribution in [-0.2, 0) is 9.59 Å². The Hall–Kier alpha value is -1.06. The quantitative estimate of drug-likeness (QED) is 0.686. The van der Waals surface area contributed by atoms with Crippen molar-refractivity contribution < 1.29 is 9.59 Å². The van der Waals surface area contributed by atoms with E-state index in [1.54, 1.807) is 4.90 Å². The van der Waals surface area contributed by atoms with E-state index in [2.05, 4.69) is 12.2 Å². The maximum absolute atomic E-state index is 11.8. The summed E-state index contributed by atoms with van der Waals surface area (Å²) in [7, 11) is 0. The van der Waals surface area contributed by atoms with Gasteiger partial charge in [0.05, 0.1) is 5.92 Å². The monoisotopic (exact) mass is 240 g/mol. The molecule has 17 heavy (non-hydrogen) atoms. The number of carbonyl (C=O) groups excluding carboxylic acids is 2. The predicted octanol–water partition coefficient (Wildman–Crippen LogP) is 1.55. The van der Waals surface area contributed by atoms with E-state index in [1.807, 2.05) is 6.92 Å². The third-order valence-corrected chi connectivity index (χ3v) is 3.30. The van der Waals surface area contributed by atoms with Gasteiger partial charge in [0, 0.05) is 26.1 Å². The third kappa shape index (κ3) is 4.36. The van der Waals surface area contributed by atoms with E-state index < -0.39 is 0 Å². The topological polar surface area (TPSA) is 49.4 Å². The Morgan fingerprint density at radius 3 is 2.71 bits per heavy atom. The van der Waals surface area contributed by atoms with Gasteiger partial charge in [0.15, 0.2) is 0 Å². The average molecular weight is 240 g/mol. The second-order valence-electron chi connectivity index (χ2n) is 4.69. The van der Waals surface area contributed by atoms with Gasteiger partial charge < -0.3 is 10.2 Å². The van der Waals surface area contributed by atoms with Crippen LogP contribution in [0.4, 0.5) is 0 Å². The minimum atomic E-state index is -0.131. The zero-order valence-electron chi connectivity index (χ0n) is 11.0. The van der Waals surface area contributed by atoms with Crippen LogP contribution in [0.15, 0.2) is 0 Å². The molecule has 0 bridgehead atoms. The highest BCUT2D eigenvalue weighted by Crippen LogP contribution is 2.17. The molecule has 1 saturated heterocycles. The van der Waals surface area contributed by atoms with E-state index in [0.717, 1.165) is 13.0 Å². The lowest BCUT2D eigenvalue weighted by molar-refractivity contribution is -0.128. The maximum atomic E-state index is 11.8. The van der Waals surface area contributed by atoms with Crippen molar-refractivity contribution in [3.8, 4) is 0 Å². The van der Waals surface area contributed by atoms with Gasteiger partial charge in [-0.2, -0.15) is 0 Å². The standard InChI is InChI=1S/C13H24N2O2/c1-3-5-6-7-8-14-13(17)11-9-12(16)15(4-2)10-11/h11H,3-10H2,1-2H3,(H,14,17). The summed E-state index contributed by atoms with van der Waals surface area (Å²) < 4.78 is 0. The van der Waals surface area contributed by atoms with E-state index in [0.29, 0.717) is 19.5 Å². The third-order valence-electron chi connectivity index (χ3n) is 3.30. The average Bonchev–Trinajstić information content (AvgIpc) is 2.70. The van der Waals surface area contributed by atoms with Crippen molar-refractivity contribution >= 4 is 11.8 Å². The highest BCUT2D eigenvalue weighted by molar-refractivity contribution is 5.89. The second-order valence-corrected chi connectivity index (χ2v) is 4.69. The number of nitrogens with one attached hydrogen (secondary N) is 1. The van der Waals surface area contributed by atoms with Crippen LogP contribution in [0, 0.1) is 5.92 Å². The molecule has 1 unspecified atom stereocenters. The Morgan fingerprint density at radius 2 is 2.12 bits per heavy atom. The van der Waals surface area contributed by atoms with Gasteiger partial charge >= 0.3 is 0 Å². The Balaban J connectivity index is 2.18. The minimum absolute atomic E-state index is 0.0470. The van der Waals surface area contributed by atoms with Crippen LogP contribution >= 0.6 is 0 Å². The van der Waals surface area contributed by atoms with Gasteiger partial charge in [-0.15, -0.1) is 0 Å². The molecule has 0 aliphatic carbocycles. The molecule has 0 aromatic carbocycles. The number of nitrogens with zero attached hydrogens (tertiary/aromatic N) is 1. The number of amides is 2. The molecule has 1 atom stereocenters. The summed E-state index contributed by atoms with van der Waals surface area (Å²) in [5.41, 5.74) is 0. The van der Waals surface area contributed by atoms with Crippen LogP contribution in [0.2, 0.25) is 0 Å². The SMILES string of the molecule is CCCCCCNC(=O)C1CC(=O)N(CC)C1. The predicted molar refractivity (Wildman–Crippen MR) is 67.5 cm³/mol. The second kappa shape index (κ2) is 7.30. The molecule has 1 N–H and O–H groups in total. The largest absolute Gasteiger partial charge is 0.356 e. The number of hydrogen-bond donors (Lipinski definition) is 1. The van der Waals surface area contributed by atoms with Crippen LogP contribution in [0.5, 0.6) is 0 Å². The molecule has 1 heterocycles. The molecule has 0 aromatic heterocycles. The fourth-order valence-corrected chi connectivity index (χ4v) is 2.16. The first-order valence-corrected chi connectivity index (χ1v) is 6.74. The molecular weight excluding hydrogens is 216 g/mol. The number of rotatable bonds is 7.